The number of benzene rings is 1. The van der Waals surface area contributed by atoms with E-state index in [9.17, 15) is 5.11 Å². The van der Waals surface area contributed by atoms with Crippen molar-refractivity contribution in [1.82, 2.24) is 4.90 Å². The zero-order valence-electron chi connectivity index (χ0n) is 13.2. The standard InChI is InChI=1S/C18H29NO/c1-14(2)17-5-4-11-19(12-10-17)15(3)13-16-6-8-18(20)9-7-16/h6-9,14-15,17,20H,4-5,10-13H2,1-3H3. The number of rotatable bonds is 4. The zero-order chi connectivity index (χ0) is 14.5. The molecular formula is C18H29NO. The summed E-state index contributed by atoms with van der Waals surface area (Å²) < 4.78 is 0. The normalized spacial score (nSPS) is 22.7. The lowest BCUT2D eigenvalue weighted by atomic mass is 9.89. The van der Waals surface area contributed by atoms with Gasteiger partial charge < -0.3 is 10.0 Å². The molecule has 0 saturated carbocycles. The van der Waals surface area contributed by atoms with Crippen molar-refractivity contribution < 1.29 is 5.11 Å². The number of likely N-dealkylation sites (tertiary alicyclic amines) is 1. The molecule has 1 fully saturated rings. The Kier molecular flexibility index (Phi) is 5.47. The number of nitrogens with zero attached hydrogens (tertiary/aromatic N) is 1. The molecule has 1 aromatic rings. The average Bonchev–Trinajstić information content (AvgIpc) is 2.67. The molecule has 1 aliphatic rings. The van der Waals surface area contributed by atoms with Gasteiger partial charge in [-0.15, -0.1) is 0 Å². The van der Waals surface area contributed by atoms with Gasteiger partial charge in [0, 0.05) is 6.04 Å². The minimum absolute atomic E-state index is 0.357. The van der Waals surface area contributed by atoms with E-state index in [0.717, 1.165) is 18.3 Å². The predicted molar refractivity (Wildman–Crippen MR) is 85.0 cm³/mol. The topological polar surface area (TPSA) is 23.5 Å². The van der Waals surface area contributed by atoms with Gasteiger partial charge in [0.15, 0.2) is 0 Å². The average molecular weight is 275 g/mol. The summed E-state index contributed by atoms with van der Waals surface area (Å²) in [5, 5.41) is 9.35. The number of phenolic OH excluding ortho intramolecular Hbond substituents is 1. The first-order valence-electron chi connectivity index (χ1n) is 8.08. The van der Waals surface area contributed by atoms with Gasteiger partial charge in [-0.3, -0.25) is 0 Å². The molecule has 20 heavy (non-hydrogen) atoms. The molecule has 2 atom stereocenters. The van der Waals surface area contributed by atoms with E-state index in [4.69, 9.17) is 0 Å². The molecule has 1 saturated heterocycles. The summed E-state index contributed by atoms with van der Waals surface area (Å²) in [7, 11) is 0. The van der Waals surface area contributed by atoms with E-state index in [2.05, 4.69) is 25.7 Å². The first kappa shape index (κ1) is 15.4. The maximum absolute atomic E-state index is 9.35. The Morgan fingerprint density at radius 2 is 1.80 bits per heavy atom. The Labute approximate surface area is 123 Å². The lowest BCUT2D eigenvalue weighted by molar-refractivity contribution is 0.209. The van der Waals surface area contributed by atoms with Crippen LogP contribution in [0.1, 0.15) is 45.6 Å². The second kappa shape index (κ2) is 7.12. The van der Waals surface area contributed by atoms with Gasteiger partial charge in [-0.05, 0) is 75.2 Å². The summed E-state index contributed by atoms with van der Waals surface area (Å²) in [6.45, 7) is 9.54. The summed E-state index contributed by atoms with van der Waals surface area (Å²) in [6.07, 6.45) is 5.15. The van der Waals surface area contributed by atoms with Crippen molar-refractivity contribution in [1.29, 1.82) is 0 Å². The molecule has 0 radical (unpaired) electrons. The minimum atomic E-state index is 0.357. The highest BCUT2D eigenvalue weighted by atomic mass is 16.3. The SMILES string of the molecule is CC(C)C1CCCN(C(C)Cc2ccc(O)cc2)CC1. The van der Waals surface area contributed by atoms with E-state index in [-0.39, 0.29) is 0 Å². The van der Waals surface area contributed by atoms with Crippen molar-refractivity contribution in [2.75, 3.05) is 13.1 Å². The van der Waals surface area contributed by atoms with Crippen LogP contribution in [0, 0.1) is 11.8 Å². The molecule has 1 N–H and O–H groups in total. The number of aromatic hydroxyl groups is 1. The maximum Gasteiger partial charge on any atom is 0.115 e. The van der Waals surface area contributed by atoms with Crippen molar-refractivity contribution in [3.05, 3.63) is 29.8 Å². The molecule has 1 aliphatic heterocycles. The molecule has 0 bridgehead atoms. The van der Waals surface area contributed by atoms with Crippen LogP contribution in [0.15, 0.2) is 24.3 Å². The van der Waals surface area contributed by atoms with Gasteiger partial charge in [0.2, 0.25) is 0 Å². The van der Waals surface area contributed by atoms with Crippen LogP contribution in [0.3, 0.4) is 0 Å². The second-order valence-electron chi connectivity index (χ2n) is 6.69. The molecule has 2 unspecified atom stereocenters. The van der Waals surface area contributed by atoms with Crippen molar-refractivity contribution in [2.24, 2.45) is 11.8 Å². The molecular weight excluding hydrogens is 246 g/mol. The highest BCUT2D eigenvalue weighted by Gasteiger charge is 2.22. The molecule has 112 valence electrons. The minimum Gasteiger partial charge on any atom is -0.508 e. The van der Waals surface area contributed by atoms with Gasteiger partial charge in [0.25, 0.3) is 0 Å². The Bertz CT molecular complexity index is 398. The lowest BCUT2D eigenvalue weighted by Gasteiger charge is -2.28. The second-order valence-corrected chi connectivity index (χ2v) is 6.69. The van der Waals surface area contributed by atoms with Crippen LogP contribution in [-0.4, -0.2) is 29.1 Å². The van der Waals surface area contributed by atoms with Gasteiger partial charge in [-0.2, -0.15) is 0 Å². The van der Waals surface area contributed by atoms with Crippen LogP contribution >= 0.6 is 0 Å². The summed E-state index contributed by atoms with van der Waals surface area (Å²) in [5.74, 6) is 2.08. The smallest absolute Gasteiger partial charge is 0.115 e. The molecule has 2 rings (SSSR count). The van der Waals surface area contributed by atoms with E-state index in [1.165, 1.54) is 37.9 Å². The number of hydrogen-bond acceptors (Lipinski definition) is 2. The maximum atomic E-state index is 9.35. The molecule has 0 aromatic heterocycles. The number of hydrogen-bond donors (Lipinski definition) is 1. The van der Waals surface area contributed by atoms with E-state index in [0.29, 0.717) is 11.8 Å². The van der Waals surface area contributed by atoms with Crippen molar-refractivity contribution >= 4 is 0 Å². The molecule has 2 nitrogen and oxygen atoms in total. The fourth-order valence-corrected chi connectivity index (χ4v) is 3.35. The molecule has 2 heteroatoms. The van der Waals surface area contributed by atoms with Crippen LogP contribution in [-0.2, 0) is 6.42 Å². The van der Waals surface area contributed by atoms with E-state index in [1.54, 1.807) is 12.1 Å². The fraction of sp³-hybridized carbons (Fsp3) is 0.667. The summed E-state index contributed by atoms with van der Waals surface area (Å²) in [4.78, 5) is 2.65. The van der Waals surface area contributed by atoms with Gasteiger partial charge in [-0.25, -0.2) is 0 Å². The fourth-order valence-electron chi connectivity index (χ4n) is 3.35. The highest BCUT2D eigenvalue weighted by Crippen LogP contribution is 2.26. The van der Waals surface area contributed by atoms with Crippen LogP contribution in [0.5, 0.6) is 5.75 Å². The van der Waals surface area contributed by atoms with Crippen LogP contribution in [0.4, 0.5) is 0 Å². The molecule has 1 aromatic carbocycles. The third-order valence-corrected chi connectivity index (χ3v) is 4.84. The summed E-state index contributed by atoms with van der Waals surface area (Å²) in [6, 6.07) is 8.25. The van der Waals surface area contributed by atoms with Gasteiger partial charge in [-0.1, -0.05) is 26.0 Å². The Hall–Kier alpha value is -1.02. The Morgan fingerprint density at radius 3 is 2.45 bits per heavy atom. The first-order chi connectivity index (χ1) is 9.56. The third kappa shape index (κ3) is 4.24. The highest BCUT2D eigenvalue weighted by molar-refractivity contribution is 5.26. The summed E-state index contributed by atoms with van der Waals surface area (Å²) in [5.41, 5.74) is 1.32. The molecule has 0 aliphatic carbocycles. The largest absolute Gasteiger partial charge is 0.508 e. The molecule has 1 heterocycles. The first-order valence-corrected chi connectivity index (χ1v) is 8.08. The third-order valence-electron chi connectivity index (χ3n) is 4.84. The van der Waals surface area contributed by atoms with Crippen molar-refractivity contribution in [3.8, 4) is 5.75 Å². The Morgan fingerprint density at radius 1 is 1.10 bits per heavy atom. The van der Waals surface area contributed by atoms with E-state index in [1.807, 2.05) is 12.1 Å². The Balaban J connectivity index is 1.89. The molecule has 0 amide bonds. The predicted octanol–water partition coefficient (Wildman–Crippen LogP) is 4.08. The van der Waals surface area contributed by atoms with Gasteiger partial charge in [0.05, 0.1) is 0 Å². The molecule has 0 spiro atoms. The quantitative estimate of drug-likeness (QED) is 0.895. The monoisotopic (exact) mass is 275 g/mol. The summed E-state index contributed by atoms with van der Waals surface area (Å²) >= 11 is 0. The van der Waals surface area contributed by atoms with Crippen molar-refractivity contribution in [2.45, 2.75) is 52.5 Å². The van der Waals surface area contributed by atoms with Crippen molar-refractivity contribution in [3.63, 3.8) is 0 Å². The van der Waals surface area contributed by atoms with Gasteiger partial charge in [0.1, 0.15) is 5.75 Å². The van der Waals surface area contributed by atoms with Gasteiger partial charge >= 0.3 is 0 Å². The van der Waals surface area contributed by atoms with Crippen LogP contribution in [0.2, 0.25) is 0 Å². The lowest BCUT2D eigenvalue weighted by Crippen LogP contribution is -2.35. The zero-order valence-corrected chi connectivity index (χ0v) is 13.2. The van der Waals surface area contributed by atoms with E-state index >= 15 is 0 Å². The van der Waals surface area contributed by atoms with Crippen LogP contribution < -0.4 is 0 Å². The van der Waals surface area contributed by atoms with Crippen LogP contribution in [0.25, 0.3) is 0 Å². The number of phenols is 1. The van der Waals surface area contributed by atoms with E-state index < -0.39 is 0 Å².